The number of carboxylic acid groups (broad SMARTS) is 1. The lowest BCUT2D eigenvalue weighted by atomic mass is 10.2. The summed E-state index contributed by atoms with van der Waals surface area (Å²) in [6.45, 7) is -0.627. The van der Waals surface area contributed by atoms with Crippen LogP contribution in [-0.2, 0) is 30.4 Å². The monoisotopic (exact) mass is 233 g/mol. The summed E-state index contributed by atoms with van der Waals surface area (Å²) in [5.74, 6) is -1.44. The Morgan fingerprint density at radius 3 is 2.69 bits per heavy atom. The second-order valence-corrected chi connectivity index (χ2v) is 3.65. The summed E-state index contributed by atoms with van der Waals surface area (Å²) in [7, 11) is 0. The van der Waals surface area contributed by atoms with E-state index in [-0.39, 0.29) is 5.56 Å². The van der Waals surface area contributed by atoms with Gasteiger partial charge in [0.1, 0.15) is 0 Å². The van der Waals surface area contributed by atoms with Gasteiger partial charge in [-0.1, -0.05) is 0 Å². The van der Waals surface area contributed by atoms with E-state index in [1.807, 2.05) is 0 Å². The standard InChI is InChI=1S/C9H9F3N2O2/c10-9(11,12)8-5-2-1-3-6(5)14(13-8)4-7(15)16/h1-4H2,(H,15,16)/p-1. The molecule has 0 aliphatic heterocycles. The molecule has 0 atom stereocenters. The number of hydrogen-bond acceptors (Lipinski definition) is 3. The van der Waals surface area contributed by atoms with Crippen LogP contribution in [-0.4, -0.2) is 15.7 Å². The van der Waals surface area contributed by atoms with Gasteiger partial charge in [0.2, 0.25) is 0 Å². The third-order valence-corrected chi connectivity index (χ3v) is 2.55. The maximum absolute atomic E-state index is 12.6. The minimum absolute atomic E-state index is 0.133. The Morgan fingerprint density at radius 1 is 1.44 bits per heavy atom. The highest BCUT2D eigenvalue weighted by Crippen LogP contribution is 2.36. The molecule has 1 heterocycles. The highest BCUT2D eigenvalue weighted by molar-refractivity contribution is 5.64. The maximum atomic E-state index is 12.6. The molecule has 1 aliphatic carbocycles. The van der Waals surface area contributed by atoms with Crippen molar-refractivity contribution < 1.29 is 23.1 Å². The first-order valence-corrected chi connectivity index (χ1v) is 4.75. The number of fused-ring (bicyclic) bond motifs is 1. The molecule has 1 aromatic heterocycles. The molecule has 0 bridgehead atoms. The van der Waals surface area contributed by atoms with Crippen molar-refractivity contribution in [1.82, 2.24) is 9.78 Å². The van der Waals surface area contributed by atoms with Gasteiger partial charge in [0.25, 0.3) is 0 Å². The molecule has 88 valence electrons. The van der Waals surface area contributed by atoms with Crippen molar-refractivity contribution in [2.75, 3.05) is 0 Å². The van der Waals surface area contributed by atoms with Crippen LogP contribution in [0.1, 0.15) is 23.4 Å². The topological polar surface area (TPSA) is 57.9 Å². The predicted molar refractivity (Wildman–Crippen MR) is 44.3 cm³/mol. The van der Waals surface area contributed by atoms with Crippen LogP contribution in [0.25, 0.3) is 0 Å². The molecular weight excluding hydrogens is 225 g/mol. The van der Waals surface area contributed by atoms with Crippen LogP contribution in [0.2, 0.25) is 0 Å². The van der Waals surface area contributed by atoms with Crippen LogP contribution in [0.3, 0.4) is 0 Å². The number of aliphatic carboxylic acids is 1. The Balaban J connectivity index is 2.45. The number of hydrogen-bond donors (Lipinski definition) is 0. The van der Waals surface area contributed by atoms with Crippen molar-refractivity contribution in [3.05, 3.63) is 17.0 Å². The van der Waals surface area contributed by atoms with Crippen molar-refractivity contribution in [1.29, 1.82) is 0 Å². The third kappa shape index (κ3) is 1.77. The first-order valence-electron chi connectivity index (χ1n) is 4.75. The molecule has 16 heavy (non-hydrogen) atoms. The van der Waals surface area contributed by atoms with Gasteiger partial charge >= 0.3 is 6.18 Å². The number of nitrogens with zero attached hydrogens (tertiary/aromatic N) is 2. The Kier molecular flexibility index (Phi) is 2.40. The summed E-state index contributed by atoms with van der Waals surface area (Å²) in [5.41, 5.74) is -0.452. The van der Waals surface area contributed by atoms with E-state index in [0.29, 0.717) is 25.0 Å². The number of carbonyl (C=O) groups is 1. The number of alkyl halides is 3. The summed E-state index contributed by atoms with van der Waals surface area (Å²) >= 11 is 0. The van der Waals surface area contributed by atoms with E-state index in [1.54, 1.807) is 0 Å². The first kappa shape index (κ1) is 11.0. The number of aromatic nitrogens is 2. The van der Waals surface area contributed by atoms with Crippen molar-refractivity contribution in [3.8, 4) is 0 Å². The van der Waals surface area contributed by atoms with Gasteiger partial charge in [-0.25, -0.2) is 0 Å². The maximum Gasteiger partial charge on any atom is 0.435 e. The molecule has 1 aliphatic rings. The average molecular weight is 233 g/mol. The molecule has 0 amide bonds. The van der Waals surface area contributed by atoms with E-state index >= 15 is 0 Å². The van der Waals surface area contributed by atoms with Crippen LogP contribution in [0.5, 0.6) is 0 Å². The summed E-state index contributed by atoms with van der Waals surface area (Å²) in [6, 6.07) is 0. The number of rotatable bonds is 2. The van der Waals surface area contributed by atoms with E-state index in [4.69, 9.17) is 0 Å². The third-order valence-electron chi connectivity index (χ3n) is 2.55. The van der Waals surface area contributed by atoms with Crippen molar-refractivity contribution in [2.45, 2.75) is 32.0 Å². The largest absolute Gasteiger partial charge is 0.548 e. The van der Waals surface area contributed by atoms with Crippen LogP contribution in [0, 0.1) is 0 Å². The lowest BCUT2D eigenvalue weighted by Crippen LogP contribution is -2.28. The molecule has 0 radical (unpaired) electrons. The molecule has 1 aromatic rings. The predicted octanol–water partition coefficient (Wildman–Crippen LogP) is 0.141. The molecule has 0 aromatic carbocycles. The van der Waals surface area contributed by atoms with Gasteiger partial charge in [0.15, 0.2) is 5.69 Å². The minimum Gasteiger partial charge on any atom is -0.548 e. The molecule has 0 unspecified atom stereocenters. The highest BCUT2D eigenvalue weighted by Gasteiger charge is 2.40. The first-order chi connectivity index (χ1) is 7.39. The fraction of sp³-hybridized carbons (Fsp3) is 0.556. The summed E-state index contributed by atoms with van der Waals surface area (Å²) < 4.78 is 38.6. The van der Waals surface area contributed by atoms with Crippen molar-refractivity contribution in [2.24, 2.45) is 0 Å². The van der Waals surface area contributed by atoms with Crippen LogP contribution in [0.15, 0.2) is 0 Å². The zero-order valence-corrected chi connectivity index (χ0v) is 8.17. The fourth-order valence-electron chi connectivity index (χ4n) is 1.99. The fourth-order valence-corrected chi connectivity index (χ4v) is 1.99. The SMILES string of the molecule is O=C([O-])Cn1nc(C(F)(F)F)c2c1CCC2. The van der Waals surface area contributed by atoms with E-state index in [9.17, 15) is 23.1 Å². The van der Waals surface area contributed by atoms with Gasteiger partial charge in [-0.05, 0) is 19.3 Å². The van der Waals surface area contributed by atoms with Gasteiger partial charge in [0.05, 0.1) is 12.5 Å². The van der Waals surface area contributed by atoms with E-state index in [2.05, 4.69) is 5.10 Å². The van der Waals surface area contributed by atoms with Crippen molar-refractivity contribution in [3.63, 3.8) is 0 Å². The van der Waals surface area contributed by atoms with Gasteiger partial charge in [-0.2, -0.15) is 18.3 Å². The lowest BCUT2D eigenvalue weighted by molar-refractivity contribution is -0.306. The van der Waals surface area contributed by atoms with Gasteiger partial charge in [-0.15, -0.1) is 0 Å². The molecule has 0 spiro atoms. The highest BCUT2D eigenvalue weighted by atomic mass is 19.4. The van der Waals surface area contributed by atoms with Gasteiger partial charge in [-0.3, -0.25) is 4.68 Å². The second kappa shape index (κ2) is 3.50. The quantitative estimate of drug-likeness (QED) is 0.730. The molecule has 0 N–H and O–H groups in total. The van der Waals surface area contributed by atoms with E-state index in [1.165, 1.54) is 0 Å². The molecule has 2 rings (SSSR count). The summed E-state index contributed by atoms with van der Waals surface area (Å²) in [5, 5.41) is 13.7. The summed E-state index contributed by atoms with van der Waals surface area (Å²) in [4.78, 5) is 10.4. The number of carbonyl (C=O) groups excluding carboxylic acids is 1. The van der Waals surface area contributed by atoms with Gasteiger partial charge < -0.3 is 9.90 Å². The Labute approximate surface area is 88.7 Å². The molecule has 0 saturated carbocycles. The Hall–Kier alpha value is -1.53. The normalized spacial score (nSPS) is 15.2. The Morgan fingerprint density at radius 2 is 2.12 bits per heavy atom. The zero-order valence-electron chi connectivity index (χ0n) is 8.17. The average Bonchev–Trinajstić information content (AvgIpc) is 2.65. The number of halogens is 3. The smallest absolute Gasteiger partial charge is 0.435 e. The van der Waals surface area contributed by atoms with E-state index in [0.717, 1.165) is 4.68 Å². The number of carboxylic acids is 1. The molecule has 7 heteroatoms. The second-order valence-electron chi connectivity index (χ2n) is 3.65. The Bertz CT molecular complexity index is 437. The van der Waals surface area contributed by atoms with Crippen molar-refractivity contribution >= 4 is 5.97 Å². The zero-order chi connectivity index (χ0) is 11.9. The van der Waals surface area contributed by atoms with Gasteiger partial charge in [0, 0.05) is 11.3 Å². The molecule has 0 saturated heterocycles. The minimum atomic E-state index is -4.52. The lowest BCUT2D eigenvalue weighted by Gasteiger charge is -2.06. The van der Waals surface area contributed by atoms with Crippen LogP contribution < -0.4 is 5.11 Å². The van der Waals surface area contributed by atoms with E-state index < -0.39 is 24.4 Å². The summed E-state index contributed by atoms with van der Waals surface area (Å²) in [6.07, 6.45) is -3.18. The molecular formula is C9H8F3N2O2-. The molecule has 4 nitrogen and oxygen atoms in total. The molecule has 0 fully saturated rings. The van der Waals surface area contributed by atoms with Crippen LogP contribution >= 0.6 is 0 Å². The van der Waals surface area contributed by atoms with Crippen LogP contribution in [0.4, 0.5) is 13.2 Å².